The van der Waals surface area contributed by atoms with Gasteiger partial charge in [0.1, 0.15) is 5.69 Å². The van der Waals surface area contributed by atoms with Crippen molar-refractivity contribution in [1.82, 2.24) is 25.2 Å². The Morgan fingerprint density at radius 1 is 1.21 bits per heavy atom. The number of hydrogen-bond donors (Lipinski definition) is 1. The van der Waals surface area contributed by atoms with Crippen LogP contribution in [0.2, 0.25) is 5.02 Å². The van der Waals surface area contributed by atoms with Crippen LogP contribution in [0.1, 0.15) is 23.7 Å². The number of hydrazine groups is 1. The lowest BCUT2D eigenvalue weighted by Crippen LogP contribution is -2.53. The summed E-state index contributed by atoms with van der Waals surface area (Å²) in [5, 5.41) is 9.47. The van der Waals surface area contributed by atoms with Crippen LogP contribution in [0.15, 0.2) is 30.5 Å². The van der Waals surface area contributed by atoms with Gasteiger partial charge in [0.25, 0.3) is 5.91 Å². The van der Waals surface area contributed by atoms with Gasteiger partial charge in [0.15, 0.2) is 0 Å². The van der Waals surface area contributed by atoms with Crippen LogP contribution in [-0.2, 0) is 4.74 Å². The Bertz CT molecular complexity index is 1160. The van der Waals surface area contributed by atoms with Crippen molar-refractivity contribution >= 4 is 44.9 Å². The lowest BCUT2D eigenvalue weighted by Gasteiger charge is -2.37. The Hall–Kier alpha value is -2.30. The van der Waals surface area contributed by atoms with Crippen molar-refractivity contribution in [2.24, 2.45) is 0 Å². The van der Waals surface area contributed by atoms with E-state index in [1.807, 2.05) is 23.1 Å². The van der Waals surface area contributed by atoms with Gasteiger partial charge in [-0.05, 0) is 30.0 Å². The van der Waals surface area contributed by atoms with Crippen molar-refractivity contribution < 1.29 is 9.53 Å². The zero-order chi connectivity index (χ0) is 23.5. The van der Waals surface area contributed by atoms with Gasteiger partial charge in [-0.1, -0.05) is 24.6 Å². The van der Waals surface area contributed by atoms with E-state index >= 15 is 0 Å². The van der Waals surface area contributed by atoms with Crippen LogP contribution in [0.25, 0.3) is 20.7 Å². The number of morpholine rings is 1. The van der Waals surface area contributed by atoms with Crippen LogP contribution in [0.3, 0.4) is 0 Å². The fraction of sp³-hybridized carbons (Fsp3) is 0.458. The van der Waals surface area contributed by atoms with Gasteiger partial charge in [0.05, 0.1) is 29.3 Å². The molecule has 0 atom stereocenters. The molecule has 0 aliphatic carbocycles. The molecule has 0 saturated carbocycles. The highest BCUT2D eigenvalue weighted by atomic mass is 35.5. The number of rotatable bonds is 6. The van der Waals surface area contributed by atoms with Crippen LogP contribution in [0, 0.1) is 0 Å². The summed E-state index contributed by atoms with van der Waals surface area (Å²) in [5.74, 6) is 0.720. The molecule has 0 radical (unpaired) electrons. The molecular formula is C24H29ClN6O2S. The van der Waals surface area contributed by atoms with Crippen molar-refractivity contribution in [3.05, 3.63) is 41.0 Å². The van der Waals surface area contributed by atoms with Crippen molar-refractivity contribution in [1.29, 1.82) is 0 Å². The molecule has 10 heteroatoms. The molecule has 0 unspecified atom stereocenters. The standard InChI is InChI=1S/C24H29ClN6O2S/c1-2-7-31(30-8-5-26-6-9-30)24-27-16-19(25)22(28-24)21-14-17-3-4-18(15-20(17)34-21)23(32)29-10-12-33-13-11-29/h3-4,14-16,26H,2,5-13H2,1H3. The number of carbonyl (C=O) groups is 1. The van der Waals surface area contributed by atoms with Crippen molar-refractivity contribution in [3.63, 3.8) is 0 Å². The first kappa shape index (κ1) is 23.4. The molecule has 3 aromatic rings. The number of hydrogen-bond acceptors (Lipinski definition) is 8. The summed E-state index contributed by atoms with van der Waals surface area (Å²) < 4.78 is 6.41. The maximum absolute atomic E-state index is 12.9. The van der Waals surface area contributed by atoms with Crippen LogP contribution in [0.5, 0.6) is 0 Å². The number of carbonyl (C=O) groups excluding carboxylic acids is 1. The molecule has 2 aliphatic rings. The fourth-order valence-corrected chi connectivity index (χ4v) is 5.71. The lowest BCUT2D eigenvalue weighted by molar-refractivity contribution is 0.0303. The molecular weight excluding hydrogens is 472 g/mol. The van der Waals surface area contributed by atoms with E-state index in [-0.39, 0.29) is 5.91 Å². The smallest absolute Gasteiger partial charge is 0.254 e. The number of nitrogens with zero attached hydrogens (tertiary/aromatic N) is 5. The summed E-state index contributed by atoms with van der Waals surface area (Å²) in [6.45, 7) is 9.19. The summed E-state index contributed by atoms with van der Waals surface area (Å²) in [4.78, 5) is 25.2. The van der Waals surface area contributed by atoms with Crippen molar-refractivity contribution in [2.45, 2.75) is 13.3 Å². The summed E-state index contributed by atoms with van der Waals surface area (Å²) in [6, 6.07) is 7.97. The number of ether oxygens (including phenoxy) is 1. The average Bonchev–Trinajstić information content (AvgIpc) is 3.31. The predicted molar refractivity (Wildman–Crippen MR) is 137 cm³/mol. The molecule has 180 valence electrons. The zero-order valence-electron chi connectivity index (χ0n) is 19.3. The number of anilines is 1. The van der Waals surface area contributed by atoms with Crippen molar-refractivity contribution in [3.8, 4) is 10.6 Å². The van der Waals surface area contributed by atoms with E-state index in [2.05, 4.69) is 33.3 Å². The maximum Gasteiger partial charge on any atom is 0.254 e. The number of benzene rings is 1. The molecule has 0 spiro atoms. The van der Waals surface area contributed by atoms with E-state index < -0.39 is 0 Å². The molecule has 34 heavy (non-hydrogen) atoms. The van der Waals surface area contributed by atoms with Gasteiger partial charge in [0, 0.05) is 56.1 Å². The van der Waals surface area contributed by atoms with Crippen LogP contribution >= 0.6 is 22.9 Å². The molecule has 1 amide bonds. The second kappa shape index (κ2) is 10.5. The molecule has 2 fully saturated rings. The van der Waals surface area contributed by atoms with E-state index in [0.717, 1.165) is 59.8 Å². The molecule has 5 rings (SSSR count). The first-order chi connectivity index (χ1) is 16.6. The summed E-state index contributed by atoms with van der Waals surface area (Å²) in [5.41, 5.74) is 1.43. The number of amides is 1. The van der Waals surface area contributed by atoms with Crippen LogP contribution < -0.4 is 10.3 Å². The number of aromatic nitrogens is 2. The Kier molecular flexibility index (Phi) is 7.26. The largest absolute Gasteiger partial charge is 0.378 e. The average molecular weight is 501 g/mol. The van der Waals surface area contributed by atoms with Crippen molar-refractivity contribution in [2.75, 3.05) is 64.0 Å². The van der Waals surface area contributed by atoms with Gasteiger partial charge >= 0.3 is 0 Å². The third-order valence-electron chi connectivity index (χ3n) is 6.13. The lowest BCUT2D eigenvalue weighted by atomic mass is 10.1. The predicted octanol–water partition coefficient (Wildman–Crippen LogP) is 3.52. The van der Waals surface area contributed by atoms with Gasteiger partial charge in [0.2, 0.25) is 5.95 Å². The first-order valence-corrected chi connectivity index (χ1v) is 13.0. The van der Waals surface area contributed by atoms with Crippen LogP contribution in [0.4, 0.5) is 5.95 Å². The highest BCUT2D eigenvalue weighted by Crippen LogP contribution is 2.37. The SMILES string of the molecule is CCCN(c1ncc(Cl)c(-c2cc3ccc(C(=O)N4CCOCC4)cc3s2)n1)N1CCNCC1. The van der Waals surface area contributed by atoms with E-state index in [9.17, 15) is 4.79 Å². The highest BCUT2D eigenvalue weighted by Gasteiger charge is 2.23. The molecule has 2 saturated heterocycles. The molecule has 0 bridgehead atoms. The van der Waals surface area contributed by atoms with E-state index in [0.29, 0.717) is 42.8 Å². The second-order valence-corrected chi connectivity index (χ2v) is 9.95. The normalized spacial score (nSPS) is 17.3. The van der Waals surface area contributed by atoms with E-state index in [1.54, 1.807) is 17.5 Å². The molecule has 2 aromatic heterocycles. The Balaban J connectivity index is 1.45. The van der Waals surface area contributed by atoms with E-state index in [4.69, 9.17) is 21.3 Å². The molecule has 4 heterocycles. The maximum atomic E-state index is 12.9. The third kappa shape index (κ3) is 4.89. The second-order valence-electron chi connectivity index (χ2n) is 8.46. The number of nitrogens with one attached hydrogen (secondary N) is 1. The van der Waals surface area contributed by atoms with Gasteiger partial charge in [-0.25, -0.2) is 15.0 Å². The number of halogens is 1. The van der Waals surface area contributed by atoms with Crippen LogP contribution in [-0.4, -0.2) is 84.8 Å². The first-order valence-electron chi connectivity index (χ1n) is 11.8. The topological polar surface area (TPSA) is 73.8 Å². The zero-order valence-corrected chi connectivity index (χ0v) is 20.9. The number of fused-ring (bicyclic) bond motifs is 1. The number of thiophene rings is 1. The monoisotopic (exact) mass is 500 g/mol. The third-order valence-corrected chi connectivity index (χ3v) is 7.51. The molecule has 2 aliphatic heterocycles. The Labute approximate surface area is 208 Å². The molecule has 1 aromatic carbocycles. The summed E-state index contributed by atoms with van der Waals surface area (Å²) in [7, 11) is 0. The minimum Gasteiger partial charge on any atom is -0.378 e. The quantitative estimate of drug-likeness (QED) is 0.555. The number of piperazine rings is 1. The van der Waals surface area contributed by atoms with Gasteiger partial charge in [-0.15, -0.1) is 11.3 Å². The van der Waals surface area contributed by atoms with Gasteiger partial charge in [-0.3, -0.25) is 9.80 Å². The van der Waals surface area contributed by atoms with Gasteiger partial charge in [-0.2, -0.15) is 0 Å². The highest BCUT2D eigenvalue weighted by molar-refractivity contribution is 7.22. The van der Waals surface area contributed by atoms with Gasteiger partial charge < -0.3 is 15.0 Å². The Morgan fingerprint density at radius 3 is 2.76 bits per heavy atom. The van der Waals surface area contributed by atoms with E-state index in [1.165, 1.54) is 0 Å². The summed E-state index contributed by atoms with van der Waals surface area (Å²) >= 11 is 8.18. The molecule has 1 N–H and O–H groups in total. The Morgan fingerprint density at radius 2 is 2.00 bits per heavy atom. The molecule has 8 nitrogen and oxygen atoms in total. The minimum atomic E-state index is 0.0498. The summed E-state index contributed by atoms with van der Waals surface area (Å²) in [6.07, 6.45) is 2.69. The minimum absolute atomic E-state index is 0.0498. The fourth-order valence-electron chi connectivity index (χ4n) is 4.36.